The van der Waals surface area contributed by atoms with Crippen LogP contribution in [0.1, 0.15) is 16.1 Å². The molecular formula is C20H16F3N3O. The molecule has 1 amide bonds. The van der Waals surface area contributed by atoms with Gasteiger partial charge < -0.3 is 10.6 Å². The Morgan fingerprint density at radius 3 is 2.37 bits per heavy atom. The van der Waals surface area contributed by atoms with Gasteiger partial charge in [-0.05, 0) is 48.4 Å². The standard InChI is InChI=1S/C20H16F3N3O/c21-14-6-4-13(5-7-14)8-10-25-20(27)18-12-15(9-11-24-18)26-19-16(22)2-1-3-17(19)23/h1-7,9,11-12H,8,10H2,(H,24,26)(H,25,27). The second kappa shape index (κ2) is 8.35. The van der Waals surface area contributed by atoms with Crippen molar-refractivity contribution in [2.75, 3.05) is 11.9 Å². The Morgan fingerprint density at radius 2 is 1.67 bits per heavy atom. The molecule has 27 heavy (non-hydrogen) atoms. The van der Waals surface area contributed by atoms with Crippen LogP contribution in [0.3, 0.4) is 0 Å². The Labute approximate surface area is 154 Å². The average molecular weight is 371 g/mol. The summed E-state index contributed by atoms with van der Waals surface area (Å²) in [4.78, 5) is 16.2. The minimum absolute atomic E-state index is 0.107. The SMILES string of the molecule is O=C(NCCc1ccc(F)cc1)c1cc(Nc2c(F)cccc2F)ccn1. The highest BCUT2D eigenvalue weighted by Gasteiger charge is 2.11. The monoisotopic (exact) mass is 371 g/mol. The molecule has 0 saturated heterocycles. The van der Waals surface area contributed by atoms with Crippen LogP contribution in [0.4, 0.5) is 24.5 Å². The summed E-state index contributed by atoms with van der Waals surface area (Å²) < 4.78 is 40.3. The van der Waals surface area contributed by atoms with Gasteiger partial charge >= 0.3 is 0 Å². The van der Waals surface area contributed by atoms with Gasteiger partial charge in [-0.15, -0.1) is 0 Å². The van der Waals surface area contributed by atoms with Crippen molar-refractivity contribution in [1.29, 1.82) is 0 Å². The quantitative estimate of drug-likeness (QED) is 0.682. The molecule has 2 N–H and O–H groups in total. The van der Waals surface area contributed by atoms with Crippen LogP contribution in [0.5, 0.6) is 0 Å². The number of hydrogen-bond donors (Lipinski definition) is 2. The van der Waals surface area contributed by atoms with Gasteiger partial charge in [0.2, 0.25) is 0 Å². The number of aromatic nitrogens is 1. The summed E-state index contributed by atoms with van der Waals surface area (Å²) in [6.07, 6.45) is 1.90. The Kier molecular flexibility index (Phi) is 5.71. The lowest BCUT2D eigenvalue weighted by molar-refractivity contribution is 0.0949. The molecule has 0 unspecified atom stereocenters. The number of nitrogens with zero attached hydrogens (tertiary/aromatic N) is 1. The maximum absolute atomic E-state index is 13.7. The molecule has 2 aromatic carbocycles. The average Bonchev–Trinajstić information content (AvgIpc) is 2.66. The number of hydrogen-bond acceptors (Lipinski definition) is 3. The van der Waals surface area contributed by atoms with Crippen molar-refractivity contribution in [1.82, 2.24) is 10.3 Å². The number of halogens is 3. The van der Waals surface area contributed by atoms with E-state index in [0.29, 0.717) is 18.7 Å². The molecule has 0 radical (unpaired) electrons. The predicted molar refractivity (Wildman–Crippen MR) is 96.3 cm³/mol. The number of pyridine rings is 1. The lowest BCUT2D eigenvalue weighted by atomic mass is 10.1. The fourth-order valence-corrected chi connectivity index (χ4v) is 2.46. The van der Waals surface area contributed by atoms with E-state index in [1.54, 1.807) is 12.1 Å². The lowest BCUT2D eigenvalue weighted by Crippen LogP contribution is -2.26. The molecule has 0 aliphatic rings. The third-order valence-electron chi connectivity index (χ3n) is 3.84. The number of benzene rings is 2. The van der Waals surface area contributed by atoms with Gasteiger partial charge in [0.1, 0.15) is 28.8 Å². The molecule has 0 bridgehead atoms. The highest BCUT2D eigenvalue weighted by Crippen LogP contribution is 2.23. The Bertz CT molecular complexity index is 925. The summed E-state index contributed by atoms with van der Waals surface area (Å²) in [6.45, 7) is 0.339. The fraction of sp³-hybridized carbons (Fsp3) is 0.100. The first-order valence-electron chi connectivity index (χ1n) is 8.22. The van der Waals surface area contributed by atoms with E-state index in [9.17, 15) is 18.0 Å². The number of para-hydroxylation sites is 1. The molecule has 0 spiro atoms. The topological polar surface area (TPSA) is 54.0 Å². The number of nitrogens with one attached hydrogen (secondary N) is 2. The molecular weight excluding hydrogens is 355 g/mol. The molecule has 3 aromatic rings. The van der Waals surface area contributed by atoms with E-state index in [-0.39, 0.29) is 17.2 Å². The van der Waals surface area contributed by atoms with E-state index >= 15 is 0 Å². The summed E-state index contributed by atoms with van der Waals surface area (Å²) in [5, 5.41) is 5.32. The van der Waals surface area contributed by atoms with Crippen LogP contribution in [-0.2, 0) is 6.42 Å². The number of amides is 1. The largest absolute Gasteiger partial charge is 0.351 e. The number of carbonyl (C=O) groups is 1. The molecule has 0 fully saturated rings. The Balaban J connectivity index is 1.62. The first kappa shape index (κ1) is 18.4. The molecule has 0 atom stereocenters. The van der Waals surface area contributed by atoms with E-state index in [0.717, 1.165) is 17.7 Å². The van der Waals surface area contributed by atoms with Crippen molar-refractivity contribution in [2.24, 2.45) is 0 Å². The van der Waals surface area contributed by atoms with Crippen LogP contribution in [-0.4, -0.2) is 17.4 Å². The van der Waals surface area contributed by atoms with Crippen molar-refractivity contribution < 1.29 is 18.0 Å². The van der Waals surface area contributed by atoms with E-state index in [4.69, 9.17) is 0 Å². The number of carbonyl (C=O) groups excluding carboxylic acids is 1. The summed E-state index contributed by atoms with van der Waals surface area (Å²) in [5.41, 5.74) is 1.02. The minimum atomic E-state index is -0.739. The van der Waals surface area contributed by atoms with Crippen molar-refractivity contribution in [3.05, 3.63) is 89.5 Å². The fourth-order valence-electron chi connectivity index (χ4n) is 2.46. The molecule has 138 valence electrons. The van der Waals surface area contributed by atoms with Crippen LogP contribution in [0, 0.1) is 17.5 Å². The van der Waals surface area contributed by atoms with E-state index in [2.05, 4.69) is 15.6 Å². The zero-order valence-electron chi connectivity index (χ0n) is 14.2. The first-order chi connectivity index (χ1) is 13.0. The van der Waals surface area contributed by atoms with Crippen molar-refractivity contribution in [2.45, 2.75) is 6.42 Å². The van der Waals surface area contributed by atoms with Gasteiger partial charge in [0, 0.05) is 18.4 Å². The number of anilines is 2. The van der Waals surface area contributed by atoms with Crippen LogP contribution >= 0.6 is 0 Å². The van der Waals surface area contributed by atoms with Gasteiger partial charge in [-0.25, -0.2) is 13.2 Å². The summed E-state index contributed by atoms with van der Waals surface area (Å²) in [7, 11) is 0. The second-order valence-electron chi connectivity index (χ2n) is 5.78. The maximum atomic E-state index is 13.7. The van der Waals surface area contributed by atoms with Crippen LogP contribution in [0.2, 0.25) is 0 Å². The summed E-state index contributed by atoms with van der Waals surface area (Å²) in [6, 6.07) is 12.4. The van der Waals surface area contributed by atoms with Gasteiger partial charge in [-0.2, -0.15) is 0 Å². The third-order valence-corrected chi connectivity index (χ3v) is 3.84. The van der Waals surface area contributed by atoms with Crippen LogP contribution in [0.25, 0.3) is 0 Å². The molecule has 1 aromatic heterocycles. The molecule has 3 rings (SSSR count). The molecule has 1 heterocycles. The van der Waals surface area contributed by atoms with Gasteiger partial charge in [0.05, 0.1) is 0 Å². The Morgan fingerprint density at radius 1 is 0.963 bits per heavy atom. The van der Waals surface area contributed by atoms with Gasteiger partial charge in [0.25, 0.3) is 5.91 Å². The normalized spacial score (nSPS) is 10.5. The van der Waals surface area contributed by atoms with Gasteiger partial charge in [-0.3, -0.25) is 9.78 Å². The lowest BCUT2D eigenvalue weighted by Gasteiger charge is -2.10. The highest BCUT2D eigenvalue weighted by atomic mass is 19.1. The molecule has 0 saturated carbocycles. The summed E-state index contributed by atoms with van der Waals surface area (Å²) >= 11 is 0. The van der Waals surface area contributed by atoms with E-state index in [1.807, 2.05) is 0 Å². The minimum Gasteiger partial charge on any atom is -0.351 e. The highest BCUT2D eigenvalue weighted by molar-refractivity contribution is 5.93. The molecule has 4 nitrogen and oxygen atoms in total. The molecule has 0 aliphatic carbocycles. The van der Waals surface area contributed by atoms with E-state index in [1.165, 1.54) is 36.5 Å². The predicted octanol–water partition coefficient (Wildman–Crippen LogP) is 4.22. The zero-order valence-corrected chi connectivity index (χ0v) is 14.2. The smallest absolute Gasteiger partial charge is 0.269 e. The Hall–Kier alpha value is -3.35. The van der Waals surface area contributed by atoms with Gasteiger partial charge in [-0.1, -0.05) is 18.2 Å². The summed E-state index contributed by atoms with van der Waals surface area (Å²) in [5.74, 6) is -2.22. The number of rotatable bonds is 6. The first-order valence-corrected chi connectivity index (χ1v) is 8.22. The molecule has 0 aliphatic heterocycles. The van der Waals surface area contributed by atoms with E-state index < -0.39 is 17.5 Å². The second-order valence-corrected chi connectivity index (χ2v) is 5.78. The van der Waals surface area contributed by atoms with Crippen LogP contribution in [0.15, 0.2) is 60.8 Å². The maximum Gasteiger partial charge on any atom is 0.269 e. The van der Waals surface area contributed by atoms with Crippen molar-refractivity contribution in [3.63, 3.8) is 0 Å². The van der Waals surface area contributed by atoms with Crippen molar-refractivity contribution >= 4 is 17.3 Å². The van der Waals surface area contributed by atoms with Crippen LogP contribution < -0.4 is 10.6 Å². The van der Waals surface area contributed by atoms with Crippen molar-refractivity contribution in [3.8, 4) is 0 Å². The molecule has 7 heteroatoms. The van der Waals surface area contributed by atoms with Gasteiger partial charge in [0.15, 0.2) is 0 Å². The third kappa shape index (κ3) is 4.84. The zero-order chi connectivity index (χ0) is 19.2.